The lowest BCUT2D eigenvalue weighted by Gasteiger charge is -2.24. The molecule has 0 amide bonds. The fourth-order valence-corrected chi connectivity index (χ4v) is 1.51. The zero-order chi connectivity index (χ0) is 12.2. The van der Waals surface area contributed by atoms with Gasteiger partial charge in [-0.25, -0.2) is 4.98 Å². The summed E-state index contributed by atoms with van der Waals surface area (Å²) in [6.45, 7) is 9.89. The van der Waals surface area contributed by atoms with E-state index >= 15 is 0 Å². The minimum absolute atomic E-state index is 0.187. The maximum atomic E-state index is 5.58. The van der Waals surface area contributed by atoms with Gasteiger partial charge in [0.15, 0.2) is 0 Å². The zero-order valence-electron chi connectivity index (χ0n) is 10.7. The molecule has 0 aliphatic carbocycles. The Bertz CT molecular complexity index is 347. The number of nitrogens with two attached hydrogens (primary N) is 1. The molecule has 0 radical (unpaired) electrons. The van der Waals surface area contributed by atoms with Gasteiger partial charge in [0.2, 0.25) is 0 Å². The van der Waals surface area contributed by atoms with Gasteiger partial charge in [0.25, 0.3) is 0 Å². The van der Waals surface area contributed by atoms with Crippen LogP contribution in [0.2, 0.25) is 0 Å². The molecule has 4 nitrogen and oxygen atoms in total. The van der Waals surface area contributed by atoms with Gasteiger partial charge in [-0.3, -0.25) is 4.98 Å². The standard InChI is InChI=1S/C12H22N4/c1-9-7-14-10(2)11(16-9)15-8-12(3,4)5-6-13/h7H,5-6,8,13H2,1-4H3,(H,15,16). The Kier molecular flexibility index (Phi) is 4.24. The van der Waals surface area contributed by atoms with E-state index in [4.69, 9.17) is 5.73 Å². The van der Waals surface area contributed by atoms with E-state index in [-0.39, 0.29) is 5.41 Å². The summed E-state index contributed by atoms with van der Waals surface area (Å²) in [6, 6.07) is 0. The van der Waals surface area contributed by atoms with Crippen molar-refractivity contribution in [2.75, 3.05) is 18.4 Å². The lowest BCUT2D eigenvalue weighted by molar-refractivity contribution is 0.365. The summed E-state index contributed by atoms with van der Waals surface area (Å²) >= 11 is 0. The van der Waals surface area contributed by atoms with E-state index in [1.54, 1.807) is 6.20 Å². The minimum atomic E-state index is 0.187. The summed E-state index contributed by atoms with van der Waals surface area (Å²) in [7, 11) is 0. The molecule has 0 aliphatic rings. The first-order chi connectivity index (χ1) is 7.44. The predicted octanol–water partition coefficient (Wildman–Crippen LogP) is 1.88. The number of rotatable bonds is 5. The molecule has 16 heavy (non-hydrogen) atoms. The van der Waals surface area contributed by atoms with E-state index in [1.807, 2.05) is 13.8 Å². The molecule has 0 aromatic carbocycles. The molecule has 0 atom stereocenters. The van der Waals surface area contributed by atoms with E-state index in [0.29, 0.717) is 6.54 Å². The van der Waals surface area contributed by atoms with Crippen LogP contribution in [0.3, 0.4) is 0 Å². The molecule has 0 aliphatic heterocycles. The van der Waals surface area contributed by atoms with Gasteiger partial charge in [-0.2, -0.15) is 0 Å². The Hall–Kier alpha value is -1.16. The van der Waals surface area contributed by atoms with Crippen molar-refractivity contribution in [3.05, 3.63) is 17.6 Å². The molecule has 4 heteroatoms. The Morgan fingerprint density at radius 2 is 2.06 bits per heavy atom. The SMILES string of the molecule is Cc1cnc(C)c(NCC(C)(C)CCN)n1. The predicted molar refractivity (Wildman–Crippen MR) is 67.4 cm³/mol. The lowest BCUT2D eigenvalue weighted by Crippen LogP contribution is -2.26. The van der Waals surface area contributed by atoms with E-state index in [1.165, 1.54) is 0 Å². The smallest absolute Gasteiger partial charge is 0.147 e. The van der Waals surface area contributed by atoms with E-state index < -0.39 is 0 Å². The van der Waals surface area contributed by atoms with Crippen molar-refractivity contribution in [2.45, 2.75) is 34.1 Å². The fraction of sp³-hybridized carbons (Fsp3) is 0.667. The zero-order valence-corrected chi connectivity index (χ0v) is 10.7. The minimum Gasteiger partial charge on any atom is -0.368 e. The van der Waals surface area contributed by atoms with Gasteiger partial charge in [-0.05, 0) is 32.2 Å². The van der Waals surface area contributed by atoms with Crippen LogP contribution in [-0.2, 0) is 0 Å². The highest BCUT2D eigenvalue weighted by molar-refractivity contribution is 5.39. The summed E-state index contributed by atoms with van der Waals surface area (Å²) in [5, 5.41) is 3.35. The van der Waals surface area contributed by atoms with Crippen molar-refractivity contribution in [1.29, 1.82) is 0 Å². The summed E-state index contributed by atoms with van der Waals surface area (Å²) in [5.41, 5.74) is 7.64. The molecule has 3 N–H and O–H groups in total. The maximum Gasteiger partial charge on any atom is 0.147 e. The average Bonchev–Trinajstić information content (AvgIpc) is 2.19. The number of aryl methyl sites for hydroxylation is 2. The molecule has 1 heterocycles. The highest BCUT2D eigenvalue weighted by Crippen LogP contribution is 2.20. The van der Waals surface area contributed by atoms with Gasteiger partial charge in [0.05, 0.1) is 11.4 Å². The molecule has 0 bridgehead atoms. The number of anilines is 1. The second kappa shape index (κ2) is 5.25. The molecular formula is C12H22N4. The third-order valence-corrected chi connectivity index (χ3v) is 2.63. The highest BCUT2D eigenvalue weighted by atomic mass is 15.0. The number of nitrogens with one attached hydrogen (secondary N) is 1. The van der Waals surface area contributed by atoms with Crippen molar-refractivity contribution in [1.82, 2.24) is 9.97 Å². The van der Waals surface area contributed by atoms with Crippen LogP contribution in [0.1, 0.15) is 31.7 Å². The molecule has 1 rings (SSSR count). The molecule has 0 unspecified atom stereocenters. The summed E-state index contributed by atoms with van der Waals surface area (Å²) in [5.74, 6) is 0.880. The van der Waals surface area contributed by atoms with Crippen LogP contribution in [0, 0.1) is 19.3 Å². The van der Waals surface area contributed by atoms with Gasteiger partial charge in [0.1, 0.15) is 5.82 Å². The Labute approximate surface area is 97.7 Å². The topological polar surface area (TPSA) is 63.8 Å². The van der Waals surface area contributed by atoms with Gasteiger partial charge in [-0.1, -0.05) is 13.8 Å². The number of nitrogens with zero attached hydrogens (tertiary/aromatic N) is 2. The first-order valence-electron chi connectivity index (χ1n) is 5.69. The summed E-state index contributed by atoms with van der Waals surface area (Å²) in [4.78, 5) is 8.71. The normalized spacial score (nSPS) is 11.6. The second-order valence-corrected chi connectivity index (χ2v) is 5.00. The summed E-state index contributed by atoms with van der Waals surface area (Å²) in [6.07, 6.45) is 2.78. The molecular weight excluding hydrogens is 200 g/mol. The summed E-state index contributed by atoms with van der Waals surface area (Å²) < 4.78 is 0. The molecule has 1 aromatic rings. The molecule has 1 aromatic heterocycles. The fourth-order valence-electron chi connectivity index (χ4n) is 1.51. The van der Waals surface area contributed by atoms with Crippen LogP contribution in [0.25, 0.3) is 0 Å². The van der Waals surface area contributed by atoms with Crippen LogP contribution in [0.4, 0.5) is 5.82 Å². The van der Waals surface area contributed by atoms with Crippen LogP contribution >= 0.6 is 0 Å². The first kappa shape index (κ1) is 12.9. The Morgan fingerprint density at radius 1 is 1.38 bits per heavy atom. The number of aromatic nitrogens is 2. The van der Waals surface area contributed by atoms with Crippen LogP contribution in [0.5, 0.6) is 0 Å². The third-order valence-electron chi connectivity index (χ3n) is 2.63. The van der Waals surface area contributed by atoms with Gasteiger partial charge < -0.3 is 11.1 Å². The molecule has 0 saturated carbocycles. The number of hydrogen-bond donors (Lipinski definition) is 2. The van der Waals surface area contributed by atoms with Crippen molar-refractivity contribution in [3.63, 3.8) is 0 Å². The quantitative estimate of drug-likeness (QED) is 0.798. The number of hydrogen-bond acceptors (Lipinski definition) is 4. The van der Waals surface area contributed by atoms with Crippen molar-refractivity contribution in [2.24, 2.45) is 11.1 Å². The van der Waals surface area contributed by atoms with Crippen molar-refractivity contribution in [3.8, 4) is 0 Å². The third kappa shape index (κ3) is 3.77. The van der Waals surface area contributed by atoms with Crippen LogP contribution in [-0.4, -0.2) is 23.1 Å². The van der Waals surface area contributed by atoms with E-state index in [0.717, 1.165) is 30.2 Å². The Morgan fingerprint density at radius 3 is 2.69 bits per heavy atom. The van der Waals surface area contributed by atoms with Crippen LogP contribution in [0.15, 0.2) is 6.20 Å². The Balaban J connectivity index is 2.63. The highest BCUT2D eigenvalue weighted by Gasteiger charge is 2.17. The lowest BCUT2D eigenvalue weighted by atomic mass is 9.89. The van der Waals surface area contributed by atoms with Crippen LogP contribution < -0.4 is 11.1 Å². The molecule has 0 spiro atoms. The van der Waals surface area contributed by atoms with Gasteiger partial charge in [-0.15, -0.1) is 0 Å². The van der Waals surface area contributed by atoms with Crippen molar-refractivity contribution >= 4 is 5.82 Å². The molecule has 90 valence electrons. The first-order valence-corrected chi connectivity index (χ1v) is 5.69. The molecule has 0 saturated heterocycles. The van der Waals surface area contributed by atoms with Crippen molar-refractivity contribution < 1.29 is 0 Å². The van der Waals surface area contributed by atoms with Gasteiger partial charge >= 0.3 is 0 Å². The van der Waals surface area contributed by atoms with E-state index in [9.17, 15) is 0 Å². The van der Waals surface area contributed by atoms with E-state index in [2.05, 4.69) is 29.1 Å². The van der Waals surface area contributed by atoms with Gasteiger partial charge in [0, 0.05) is 12.7 Å². The average molecular weight is 222 g/mol. The maximum absolute atomic E-state index is 5.58. The second-order valence-electron chi connectivity index (χ2n) is 5.00. The largest absolute Gasteiger partial charge is 0.368 e. The molecule has 0 fully saturated rings. The monoisotopic (exact) mass is 222 g/mol.